The first-order valence-corrected chi connectivity index (χ1v) is 6.90. The normalized spacial score (nSPS) is 29.1. The zero-order chi connectivity index (χ0) is 13.2. The number of esters is 1. The molecule has 0 saturated heterocycles. The molecule has 0 aliphatic carbocycles. The van der Waals surface area contributed by atoms with Crippen LogP contribution in [0.25, 0.3) is 0 Å². The third-order valence-electron chi connectivity index (χ3n) is 3.15. The van der Waals surface area contributed by atoms with Crippen LogP contribution in [0.15, 0.2) is 11.1 Å². The second-order valence-corrected chi connectivity index (χ2v) is 6.01. The van der Waals surface area contributed by atoms with Gasteiger partial charge in [-0.15, -0.1) is 0 Å². The number of ether oxygens (including phenoxy) is 1. The summed E-state index contributed by atoms with van der Waals surface area (Å²) < 4.78 is 15.6. The molecule has 17 heavy (non-hydrogen) atoms. The molecule has 0 aromatic carbocycles. The Morgan fingerprint density at radius 1 is 1.35 bits per heavy atom. The summed E-state index contributed by atoms with van der Waals surface area (Å²) in [6, 6.07) is 0. The van der Waals surface area contributed by atoms with Gasteiger partial charge in [0.05, 0.1) is 17.4 Å². The fourth-order valence-corrected chi connectivity index (χ4v) is 3.72. The predicted octanol–water partition coefficient (Wildman–Crippen LogP) is 1.37. The van der Waals surface area contributed by atoms with Crippen LogP contribution in [-0.2, 0) is 25.1 Å². The second kappa shape index (κ2) is 5.12. The van der Waals surface area contributed by atoms with E-state index in [1.807, 2.05) is 13.8 Å². The fraction of sp³-hybridized carbons (Fsp3) is 0.667. The number of allylic oxidation sites excluding steroid dienone is 1. The summed E-state index contributed by atoms with van der Waals surface area (Å²) in [4.78, 5) is 23.7. The molecule has 0 aromatic heterocycles. The van der Waals surface area contributed by atoms with E-state index in [1.54, 1.807) is 6.92 Å². The average Bonchev–Trinajstić information content (AvgIpc) is 2.23. The number of ketones is 1. The number of hydrogen-bond acceptors (Lipinski definition) is 4. The molecule has 1 aliphatic heterocycles. The van der Waals surface area contributed by atoms with Gasteiger partial charge in [-0.2, -0.15) is 0 Å². The minimum Gasteiger partial charge on any atom is -0.465 e. The van der Waals surface area contributed by atoms with E-state index in [9.17, 15) is 13.8 Å². The lowest BCUT2D eigenvalue weighted by Crippen LogP contribution is -2.53. The lowest BCUT2D eigenvalue weighted by Gasteiger charge is -2.32. The highest BCUT2D eigenvalue weighted by Crippen LogP contribution is 2.33. The summed E-state index contributed by atoms with van der Waals surface area (Å²) in [5, 5.41) is 0. The molecule has 0 spiro atoms. The van der Waals surface area contributed by atoms with E-state index in [2.05, 4.69) is 0 Å². The molecule has 0 fully saturated rings. The van der Waals surface area contributed by atoms with Crippen molar-refractivity contribution in [3.63, 3.8) is 0 Å². The van der Waals surface area contributed by atoms with E-state index in [4.69, 9.17) is 4.74 Å². The largest absolute Gasteiger partial charge is 0.465 e. The third-order valence-corrected chi connectivity index (χ3v) is 5.22. The Morgan fingerprint density at radius 2 is 1.94 bits per heavy atom. The van der Waals surface area contributed by atoms with Crippen LogP contribution in [0.5, 0.6) is 0 Å². The molecule has 0 amide bonds. The van der Waals surface area contributed by atoms with Crippen molar-refractivity contribution in [2.24, 2.45) is 0 Å². The van der Waals surface area contributed by atoms with Gasteiger partial charge in [-0.25, -0.2) is 4.79 Å². The van der Waals surface area contributed by atoms with Crippen molar-refractivity contribution < 1.29 is 18.5 Å². The molecule has 1 heterocycles. The predicted molar refractivity (Wildman–Crippen MR) is 66.0 cm³/mol. The molecular formula is C12H18O4S. The van der Waals surface area contributed by atoms with Crippen molar-refractivity contribution in [2.45, 2.75) is 38.9 Å². The van der Waals surface area contributed by atoms with Gasteiger partial charge in [-0.3, -0.25) is 9.00 Å². The molecular weight excluding hydrogens is 240 g/mol. The van der Waals surface area contributed by atoms with Crippen LogP contribution in [-0.4, -0.2) is 33.1 Å². The lowest BCUT2D eigenvalue weighted by atomic mass is 9.93. The Labute approximate surface area is 104 Å². The third kappa shape index (κ3) is 2.34. The maximum Gasteiger partial charge on any atom is 0.332 e. The molecule has 5 heteroatoms. The molecule has 4 nitrogen and oxygen atoms in total. The maximum atomic E-state index is 12.2. The van der Waals surface area contributed by atoms with E-state index >= 15 is 0 Å². The first kappa shape index (κ1) is 14.1. The van der Waals surface area contributed by atoms with Gasteiger partial charge in [0.2, 0.25) is 4.75 Å². The number of carbonyl (C=O) groups excluding carboxylic acids is 2. The molecule has 1 aliphatic rings. The summed E-state index contributed by atoms with van der Waals surface area (Å²) in [5.41, 5.74) is 1.94. The smallest absolute Gasteiger partial charge is 0.332 e. The number of rotatable bonds is 3. The molecule has 2 unspecified atom stereocenters. The van der Waals surface area contributed by atoms with E-state index in [-0.39, 0.29) is 24.6 Å². The van der Waals surface area contributed by atoms with Gasteiger partial charge in [0.15, 0.2) is 5.78 Å². The summed E-state index contributed by atoms with van der Waals surface area (Å²) in [5.74, 6) is -0.761. The topological polar surface area (TPSA) is 60.4 Å². The Kier molecular flexibility index (Phi) is 4.25. The average molecular weight is 258 g/mol. The number of hydrogen-bond donors (Lipinski definition) is 0. The van der Waals surface area contributed by atoms with Crippen molar-refractivity contribution in [2.75, 3.05) is 12.4 Å². The highest BCUT2D eigenvalue weighted by molar-refractivity contribution is 7.88. The monoisotopic (exact) mass is 258 g/mol. The minimum atomic E-state index is -1.53. The van der Waals surface area contributed by atoms with Gasteiger partial charge in [-0.05, 0) is 27.7 Å². The first-order chi connectivity index (χ1) is 7.86. The van der Waals surface area contributed by atoms with Crippen molar-refractivity contribution >= 4 is 22.6 Å². The van der Waals surface area contributed by atoms with Crippen LogP contribution in [0.3, 0.4) is 0 Å². The molecule has 0 radical (unpaired) electrons. The number of carbonyl (C=O) groups is 2. The maximum absolute atomic E-state index is 12.2. The van der Waals surface area contributed by atoms with Gasteiger partial charge < -0.3 is 4.74 Å². The minimum absolute atomic E-state index is 0.187. The van der Waals surface area contributed by atoms with Gasteiger partial charge in [-0.1, -0.05) is 11.1 Å². The van der Waals surface area contributed by atoms with E-state index in [0.717, 1.165) is 11.1 Å². The van der Waals surface area contributed by atoms with Crippen LogP contribution >= 0.6 is 0 Å². The summed E-state index contributed by atoms with van der Waals surface area (Å²) in [6.45, 7) is 6.91. The highest BCUT2D eigenvalue weighted by Gasteiger charge is 2.52. The molecule has 0 aromatic rings. The van der Waals surface area contributed by atoms with E-state index in [0.29, 0.717) is 0 Å². The number of Topliss-reactive ketones (excluding diaryl/α,β-unsaturated/α-hetero) is 1. The summed E-state index contributed by atoms with van der Waals surface area (Å²) in [6.07, 6.45) is 0.208. The Hall–Kier alpha value is -0.970. The Balaban J connectivity index is 3.22. The summed E-state index contributed by atoms with van der Waals surface area (Å²) in [7, 11) is -1.53. The molecule has 0 N–H and O–H groups in total. The molecule has 96 valence electrons. The van der Waals surface area contributed by atoms with Crippen LogP contribution in [0, 0.1) is 0 Å². The SMILES string of the molecule is CCOC(=O)C1(C(C)=O)CC(C)=C(C)CS1=O. The van der Waals surface area contributed by atoms with Gasteiger partial charge >= 0.3 is 5.97 Å². The van der Waals surface area contributed by atoms with Crippen molar-refractivity contribution in [1.29, 1.82) is 0 Å². The van der Waals surface area contributed by atoms with Crippen LogP contribution < -0.4 is 0 Å². The zero-order valence-corrected chi connectivity index (χ0v) is 11.5. The quantitative estimate of drug-likeness (QED) is 0.436. The lowest BCUT2D eigenvalue weighted by molar-refractivity contribution is -0.149. The van der Waals surface area contributed by atoms with Gasteiger partial charge in [0.1, 0.15) is 0 Å². The van der Waals surface area contributed by atoms with Crippen molar-refractivity contribution in [1.82, 2.24) is 0 Å². The van der Waals surface area contributed by atoms with E-state index in [1.165, 1.54) is 6.92 Å². The molecule has 1 rings (SSSR count). The standard InChI is InChI=1S/C12H18O4S/c1-5-16-11(14)12(10(4)13)6-8(2)9(3)7-17(12)15/h5-7H2,1-4H3. The second-order valence-electron chi connectivity index (χ2n) is 4.33. The fourth-order valence-electron chi connectivity index (χ4n) is 1.89. The van der Waals surface area contributed by atoms with Crippen molar-refractivity contribution in [3.05, 3.63) is 11.1 Å². The van der Waals surface area contributed by atoms with Crippen LogP contribution in [0.4, 0.5) is 0 Å². The highest BCUT2D eigenvalue weighted by atomic mass is 32.2. The Morgan fingerprint density at radius 3 is 2.41 bits per heavy atom. The van der Waals surface area contributed by atoms with Crippen LogP contribution in [0.1, 0.15) is 34.1 Å². The van der Waals surface area contributed by atoms with Gasteiger partial charge in [0, 0.05) is 12.2 Å². The molecule has 0 bridgehead atoms. The van der Waals surface area contributed by atoms with Crippen LogP contribution in [0.2, 0.25) is 0 Å². The first-order valence-electron chi connectivity index (χ1n) is 5.58. The van der Waals surface area contributed by atoms with Crippen molar-refractivity contribution in [3.8, 4) is 0 Å². The zero-order valence-electron chi connectivity index (χ0n) is 10.7. The van der Waals surface area contributed by atoms with Gasteiger partial charge in [0.25, 0.3) is 0 Å². The molecule has 0 saturated carbocycles. The summed E-state index contributed by atoms with van der Waals surface area (Å²) >= 11 is 0. The Bertz CT molecular complexity index is 411. The van der Waals surface area contributed by atoms with E-state index < -0.39 is 21.5 Å². The molecule has 2 atom stereocenters.